The van der Waals surface area contributed by atoms with E-state index in [1.54, 1.807) is 24.9 Å². The molecule has 5 rings (SSSR count). The van der Waals surface area contributed by atoms with Gasteiger partial charge in [0, 0.05) is 31.0 Å². The van der Waals surface area contributed by atoms with Crippen molar-refractivity contribution in [3.8, 4) is 28.6 Å². The van der Waals surface area contributed by atoms with Crippen LogP contribution in [0.25, 0.3) is 16.8 Å². The van der Waals surface area contributed by atoms with E-state index in [-0.39, 0.29) is 17.9 Å². The van der Waals surface area contributed by atoms with Gasteiger partial charge in [0.05, 0.1) is 36.8 Å². The highest BCUT2D eigenvalue weighted by Crippen LogP contribution is 2.34. The van der Waals surface area contributed by atoms with Crippen LogP contribution in [0.5, 0.6) is 17.4 Å². The quantitative estimate of drug-likeness (QED) is 0.226. The summed E-state index contributed by atoms with van der Waals surface area (Å²) in [6.45, 7) is 5.35. The van der Waals surface area contributed by atoms with Crippen LogP contribution in [0.3, 0.4) is 0 Å². The van der Waals surface area contributed by atoms with Crippen LogP contribution in [0, 0.1) is 5.92 Å². The highest BCUT2D eigenvalue weighted by molar-refractivity contribution is 9.10. The lowest BCUT2D eigenvalue weighted by atomic mass is 10.0. The standard InChI is InChI=1S/C30H33BrN4O4/c1-5-6-21-9-10-22(13-27(21)38-4)26-18-35-29(25(31)15-32-35)30(33-26)39-19(2)23-14-28(36)34(17-23)16-20-7-11-24(37-3)12-8-20/h7-13,15,18-19,23H,5-6,14,16-17H2,1-4H3. The fraction of sp³-hybridized carbons (Fsp3) is 0.367. The van der Waals surface area contributed by atoms with Crippen molar-refractivity contribution in [3.63, 3.8) is 0 Å². The number of hydrogen-bond acceptors (Lipinski definition) is 6. The van der Waals surface area contributed by atoms with Crippen LogP contribution < -0.4 is 14.2 Å². The van der Waals surface area contributed by atoms with Gasteiger partial charge >= 0.3 is 0 Å². The van der Waals surface area contributed by atoms with Gasteiger partial charge in [-0.3, -0.25) is 4.79 Å². The number of benzene rings is 2. The van der Waals surface area contributed by atoms with Gasteiger partial charge in [0.25, 0.3) is 0 Å². The Balaban J connectivity index is 1.37. The molecule has 2 unspecified atom stereocenters. The summed E-state index contributed by atoms with van der Waals surface area (Å²) >= 11 is 3.59. The summed E-state index contributed by atoms with van der Waals surface area (Å²) in [5, 5.41) is 4.49. The lowest BCUT2D eigenvalue weighted by Gasteiger charge is -2.22. The summed E-state index contributed by atoms with van der Waals surface area (Å²) in [4.78, 5) is 19.7. The monoisotopic (exact) mass is 592 g/mol. The first-order chi connectivity index (χ1) is 18.9. The molecular formula is C30H33BrN4O4. The molecule has 0 aliphatic carbocycles. The average molecular weight is 594 g/mol. The molecule has 0 bridgehead atoms. The van der Waals surface area contributed by atoms with E-state index in [0.29, 0.717) is 25.4 Å². The molecule has 1 aliphatic rings. The molecule has 1 amide bonds. The fourth-order valence-electron chi connectivity index (χ4n) is 5.04. The van der Waals surface area contributed by atoms with Gasteiger partial charge in [-0.25, -0.2) is 9.50 Å². The Morgan fingerprint density at radius 3 is 2.64 bits per heavy atom. The van der Waals surface area contributed by atoms with E-state index in [1.165, 1.54) is 5.56 Å². The minimum absolute atomic E-state index is 0.0383. The number of ether oxygens (including phenoxy) is 3. The minimum Gasteiger partial charge on any atom is -0.497 e. The summed E-state index contributed by atoms with van der Waals surface area (Å²) in [5.41, 5.74) is 4.63. The predicted molar refractivity (Wildman–Crippen MR) is 153 cm³/mol. The minimum atomic E-state index is -0.232. The summed E-state index contributed by atoms with van der Waals surface area (Å²) in [5.74, 6) is 2.28. The summed E-state index contributed by atoms with van der Waals surface area (Å²) in [6.07, 6.45) is 5.82. The second kappa shape index (κ2) is 11.7. The van der Waals surface area contributed by atoms with Crippen LogP contribution in [-0.4, -0.2) is 52.3 Å². The number of likely N-dealkylation sites (tertiary alicyclic amines) is 1. The number of amides is 1. The second-order valence-corrected chi connectivity index (χ2v) is 10.8. The van der Waals surface area contributed by atoms with Gasteiger partial charge in [-0.15, -0.1) is 0 Å². The number of hydrogen-bond donors (Lipinski definition) is 0. The Morgan fingerprint density at radius 2 is 1.92 bits per heavy atom. The molecular weight excluding hydrogens is 560 g/mol. The Kier molecular flexibility index (Phi) is 8.07. The number of methoxy groups -OCH3 is 2. The van der Waals surface area contributed by atoms with Gasteiger partial charge < -0.3 is 19.1 Å². The number of aryl methyl sites for hydroxylation is 1. The Labute approximate surface area is 237 Å². The molecule has 204 valence electrons. The van der Waals surface area contributed by atoms with E-state index in [2.05, 4.69) is 40.1 Å². The van der Waals surface area contributed by atoms with E-state index in [9.17, 15) is 4.79 Å². The van der Waals surface area contributed by atoms with Crippen LogP contribution >= 0.6 is 15.9 Å². The SMILES string of the molecule is CCCc1ccc(-c2cn3ncc(Br)c3c(OC(C)C3CC(=O)N(Cc4ccc(OC)cc4)C3)n2)cc1OC. The number of rotatable bonds is 10. The van der Waals surface area contributed by atoms with E-state index in [4.69, 9.17) is 19.2 Å². The number of fused-ring (bicyclic) bond motifs is 1. The molecule has 9 heteroatoms. The van der Waals surface area contributed by atoms with E-state index < -0.39 is 0 Å². The molecule has 0 radical (unpaired) electrons. The molecule has 1 saturated heterocycles. The summed E-state index contributed by atoms with van der Waals surface area (Å²) < 4.78 is 19.9. The van der Waals surface area contributed by atoms with Crippen LogP contribution in [0.4, 0.5) is 0 Å². The largest absolute Gasteiger partial charge is 0.497 e. The molecule has 8 nitrogen and oxygen atoms in total. The van der Waals surface area contributed by atoms with Gasteiger partial charge in [-0.1, -0.05) is 37.6 Å². The van der Waals surface area contributed by atoms with Crippen LogP contribution in [0.1, 0.15) is 37.8 Å². The molecule has 3 heterocycles. The maximum atomic E-state index is 12.9. The zero-order chi connectivity index (χ0) is 27.5. The van der Waals surface area contributed by atoms with Gasteiger partial charge in [0.2, 0.25) is 11.8 Å². The summed E-state index contributed by atoms with van der Waals surface area (Å²) in [7, 11) is 3.34. The van der Waals surface area contributed by atoms with Crippen molar-refractivity contribution >= 4 is 27.4 Å². The third kappa shape index (κ3) is 5.73. The lowest BCUT2D eigenvalue weighted by Crippen LogP contribution is -2.29. The van der Waals surface area contributed by atoms with Crippen molar-refractivity contribution in [3.05, 3.63) is 70.5 Å². The number of carbonyl (C=O) groups excluding carboxylic acids is 1. The highest BCUT2D eigenvalue weighted by Gasteiger charge is 2.34. The molecule has 1 fully saturated rings. The zero-order valence-electron chi connectivity index (χ0n) is 22.7. The topological polar surface area (TPSA) is 78.2 Å². The summed E-state index contributed by atoms with van der Waals surface area (Å²) in [6, 6.07) is 14.0. The molecule has 2 aromatic heterocycles. The first-order valence-corrected chi connectivity index (χ1v) is 14.0. The Morgan fingerprint density at radius 1 is 1.13 bits per heavy atom. The normalized spacial score (nSPS) is 16.1. The van der Waals surface area contributed by atoms with Crippen LogP contribution in [0.15, 0.2) is 59.3 Å². The first-order valence-electron chi connectivity index (χ1n) is 13.2. The van der Waals surface area contributed by atoms with E-state index >= 15 is 0 Å². The first kappa shape index (κ1) is 27.0. The van der Waals surface area contributed by atoms with Crippen molar-refractivity contribution < 1.29 is 19.0 Å². The average Bonchev–Trinajstić information content (AvgIpc) is 3.51. The zero-order valence-corrected chi connectivity index (χ0v) is 24.3. The highest BCUT2D eigenvalue weighted by atomic mass is 79.9. The van der Waals surface area contributed by atoms with Gasteiger partial charge in [-0.05, 0) is 58.6 Å². The molecule has 0 saturated carbocycles. The molecule has 2 atom stereocenters. The maximum absolute atomic E-state index is 12.9. The van der Waals surface area contributed by atoms with Crippen molar-refractivity contribution in [1.29, 1.82) is 0 Å². The third-order valence-electron chi connectivity index (χ3n) is 7.26. The molecule has 2 aromatic carbocycles. The lowest BCUT2D eigenvalue weighted by molar-refractivity contribution is -0.128. The number of carbonyl (C=O) groups is 1. The van der Waals surface area contributed by atoms with E-state index in [1.807, 2.05) is 48.4 Å². The van der Waals surface area contributed by atoms with Gasteiger partial charge in [0.1, 0.15) is 23.1 Å². The number of halogens is 1. The molecule has 0 N–H and O–H groups in total. The van der Waals surface area contributed by atoms with Crippen LogP contribution in [-0.2, 0) is 17.8 Å². The van der Waals surface area contributed by atoms with Crippen molar-refractivity contribution in [2.75, 3.05) is 20.8 Å². The van der Waals surface area contributed by atoms with Crippen molar-refractivity contribution in [2.24, 2.45) is 5.92 Å². The maximum Gasteiger partial charge on any atom is 0.242 e. The molecule has 4 aromatic rings. The Bertz CT molecular complexity index is 1470. The smallest absolute Gasteiger partial charge is 0.242 e. The molecule has 39 heavy (non-hydrogen) atoms. The van der Waals surface area contributed by atoms with Crippen molar-refractivity contribution in [1.82, 2.24) is 19.5 Å². The van der Waals surface area contributed by atoms with Gasteiger partial charge in [-0.2, -0.15) is 5.10 Å². The van der Waals surface area contributed by atoms with Gasteiger partial charge in [0.15, 0.2) is 0 Å². The van der Waals surface area contributed by atoms with Crippen molar-refractivity contribution in [2.45, 2.75) is 45.8 Å². The number of aromatic nitrogens is 3. The third-order valence-corrected chi connectivity index (χ3v) is 7.84. The predicted octanol–water partition coefficient (Wildman–Crippen LogP) is 5.94. The molecule has 1 aliphatic heterocycles. The molecule has 0 spiro atoms. The Hall–Kier alpha value is -3.59. The number of nitrogens with zero attached hydrogens (tertiary/aromatic N) is 4. The van der Waals surface area contributed by atoms with E-state index in [0.717, 1.165) is 51.2 Å². The van der Waals surface area contributed by atoms with Crippen LogP contribution in [0.2, 0.25) is 0 Å². The fourth-order valence-corrected chi connectivity index (χ4v) is 5.48. The second-order valence-electron chi connectivity index (χ2n) is 9.90.